The molecule has 1 aromatic heterocycles. The van der Waals surface area contributed by atoms with E-state index in [4.69, 9.17) is 16.6 Å². The number of nitrogens with zero attached hydrogens (tertiary/aromatic N) is 4. The third-order valence-electron chi connectivity index (χ3n) is 6.84. The van der Waals surface area contributed by atoms with Gasteiger partial charge in [-0.15, -0.1) is 0 Å². The summed E-state index contributed by atoms with van der Waals surface area (Å²) < 4.78 is 0. The van der Waals surface area contributed by atoms with Crippen LogP contribution in [0.15, 0.2) is 18.2 Å². The van der Waals surface area contributed by atoms with Crippen molar-refractivity contribution in [2.75, 3.05) is 42.1 Å². The molecule has 0 bridgehead atoms. The molecule has 2 heterocycles. The predicted octanol–water partition coefficient (Wildman–Crippen LogP) is 5.86. The summed E-state index contributed by atoms with van der Waals surface area (Å²) in [6, 6.07) is 6.43. The lowest BCUT2D eigenvalue weighted by molar-refractivity contribution is 0.263. The number of nitrogens with one attached hydrogen (secondary N) is 3. The summed E-state index contributed by atoms with van der Waals surface area (Å²) >= 11 is 6.32. The van der Waals surface area contributed by atoms with Crippen molar-refractivity contribution in [3.05, 3.63) is 28.8 Å². The van der Waals surface area contributed by atoms with Gasteiger partial charge in [0, 0.05) is 29.8 Å². The van der Waals surface area contributed by atoms with Crippen LogP contribution >= 0.6 is 11.6 Å². The largest absolute Gasteiger partial charge is 0.354 e. The minimum atomic E-state index is 0.524. The van der Waals surface area contributed by atoms with E-state index in [1.54, 1.807) is 0 Å². The van der Waals surface area contributed by atoms with E-state index < -0.39 is 0 Å². The lowest BCUT2D eigenvalue weighted by atomic mass is 9.89. The van der Waals surface area contributed by atoms with Gasteiger partial charge in [-0.25, -0.2) is 0 Å². The molecule has 0 amide bonds. The molecular formula is C25H38ClN7. The third-order valence-corrected chi connectivity index (χ3v) is 7.25. The summed E-state index contributed by atoms with van der Waals surface area (Å²) in [5.74, 6) is 2.45. The van der Waals surface area contributed by atoms with E-state index in [9.17, 15) is 0 Å². The van der Waals surface area contributed by atoms with Gasteiger partial charge in [0.1, 0.15) is 0 Å². The second-order valence-corrected chi connectivity index (χ2v) is 9.90. The predicted molar refractivity (Wildman–Crippen MR) is 138 cm³/mol. The van der Waals surface area contributed by atoms with Gasteiger partial charge in [0.2, 0.25) is 17.8 Å². The summed E-state index contributed by atoms with van der Waals surface area (Å²) in [6.45, 7) is 8.34. The number of aryl methyl sites for hydroxylation is 1. The average Bonchev–Trinajstić information content (AvgIpc) is 3.27. The highest BCUT2D eigenvalue weighted by Crippen LogP contribution is 2.25. The van der Waals surface area contributed by atoms with Crippen molar-refractivity contribution in [3.8, 4) is 0 Å². The molecule has 1 atom stereocenters. The maximum absolute atomic E-state index is 6.32. The summed E-state index contributed by atoms with van der Waals surface area (Å²) in [7, 11) is 0. The van der Waals surface area contributed by atoms with Crippen LogP contribution in [-0.4, -0.2) is 52.1 Å². The smallest absolute Gasteiger partial charge is 0.233 e. The normalized spacial score (nSPS) is 19.5. The Morgan fingerprint density at radius 2 is 1.67 bits per heavy atom. The van der Waals surface area contributed by atoms with Crippen molar-refractivity contribution in [1.29, 1.82) is 0 Å². The van der Waals surface area contributed by atoms with Crippen molar-refractivity contribution in [2.45, 2.75) is 71.3 Å². The van der Waals surface area contributed by atoms with Crippen LogP contribution in [0.1, 0.15) is 63.9 Å². The Kier molecular flexibility index (Phi) is 8.62. The standard InChI is InChI=1S/C25H38ClN7/c1-3-13-33-14-7-10-21(33)17-28-24-30-23(27-16-19-8-5-4-6-9-19)31-25(32-24)29-20-12-11-18(2)22(26)15-20/h11-12,15,19,21H,3-10,13-14,16-17H2,1-2H3,(H3,27,28,29,30,31,32). The quantitative estimate of drug-likeness (QED) is 0.400. The van der Waals surface area contributed by atoms with Gasteiger partial charge in [-0.1, -0.05) is 43.9 Å². The van der Waals surface area contributed by atoms with Gasteiger partial charge in [0.15, 0.2) is 0 Å². The fourth-order valence-electron chi connectivity index (χ4n) is 4.93. The topological polar surface area (TPSA) is 78.0 Å². The summed E-state index contributed by atoms with van der Waals surface area (Å²) in [5, 5.41) is 11.0. The molecule has 2 fully saturated rings. The number of anilines is 4. The molecule has 1 saturated carbocycles. The Bertz CT molecular complexity index is 900. The first-order valence-electron chi connectivity index (χ1n) is 12.6. The van der Waals surface area contributed by atoms with E-state index in [0.717, 1.165) is 35.9 Å². The van der Waals surface area contributed by atoms with Gasteiger partial charge in [0.25, 0.3) is 0 Å². The first-order valence-corrected chi connectivity index (χ1v) is 13.0. The molecule has 0 radical (unpaired) electrons. The number of aromatic nitrogens is 3. The van der Waals surface area contributed by atoms with Crippen LogP contribution in [0.5, 0.6) is 0 Å². The lowest BCUT2D eigenvalue weighted by Crippen LogP contribution is -2.35. The maximum Gasteiger partial charge on any atom is 0.233 e. The van der Waals surface area contributed by atoms with E-state index in [1.807, 2.05) is 25.1 Å². The van der Waals surface area contributed by atoms with E-state index in [0.29, 0.717) is 29.8 Å². The zero-order valence-corrected chi connectivity index (χ0v) is 20.8. The molecule has 1 unspecified atom stereocenters. The number of hydrogen-bond acceptors (Lipinski definition) is 7. The zero-order chi connectivity index (χ0) is 23.0. The van der Waals surface area contributed by atoms with Crippen molar-refractivity contribution < 1.29 is 0 Å². The van der Waals surface area contributed by atoms with Crippen LogP contribution < -0.4 is 16.0 Å². The Hall–Kier alpha value is -2.12. The van der Waals surface area contributed by atoms with Gasteiger partial charge in [-0.3, -0.25) is 4.90 Å². The molecule has 1 aromatic carbocycles. The van der Waals surface area contributed by atoms with Gasteiger partial charge < -0.3 is 16.0 Å². The molecule has 33 heavy (non-hydrogen) atoms. The van der Waals surface area contributed by atoms with E-state index in [2.05, 4.69) is 37.7 Å². The second kappa shape index (κ2) is 11.8. The van der Waals surface area contributed by atoms with Crippen LogP contribution in [0.25, 0.3) is 0 Å². The SMILES string of the molecule is CCCN1CCCC1CNc1nc(NCC2CCCCC2)nc(Nc2ccc(C)c(Cl)c2)n1. The molecule has 8 heteroatoms. The van der Waals surface area contributed by atoms with Crippen LogP contribution in [0, 0.1) is 12.8 Å². The third kappa shape index (κ3) is 6.93. The van der Waals surface area contributed by atoms with Crippen molar-refractivity contribution in [3.63, 3.8) is 0 Å². The molecule has 4 rings (SSSR count). The Morgan fingerprint density at radius 3 is 2.39 bits per heavy atom. The fraction of sp³-hybridized carbons (Fsp3) is 0.640. The highest BCUT2D eigenvalue weighted by Gasteiger charge is 2.23. The lowest BCUT2D eigenvalue weighted by Gasteiger charge is -2.24. The van der Waals surface area contributed by atoms with Gasteiger partial charge in [-0.2, -0.15) is 15.0 Å². The maximum atomic E-state index is 6.32. The molecule has 1 aliphatic carbocycles. The minimum Gasteiger partial charge on any atom is -0.354 e. The summed E-state index contributed by atoms with van der Waals surface area (Å²) in [6.07, 6.45) is 10.2. The Morgan fingerprint density at radius 1 is 0.939 bits per heavy atom. The van der Waals surface area contributed by atoms with E-state index >= 15 is 0 Å². The van der Waals surface area contributed by atoms with Crippen LogP contribution in [0.4, 0.5) is 23.5 Å². The van der Waals surface area contributed by atoms with E-state index in [-0.39, 0.29) is 0 Å². The first-order chi connectivity index (χ1) is 16.1. The number of halogens is 1. The number of likely N-dealkylation sites (tertiary alicyclic amines) is 1. The van der Waals surface area contributed by atoms with Crippen molar-refractivity contribution >= 4 is 35.1 Å². The molecular weight excluding hydrogens is 434 g/mol. The van der Waals surface area contributed by atoms with Crippen molar-refractivity contribution in [2.24, 2.45) is 5.92 Å². The molecule has 2 aliphatic rings. The molecule has 7 nitrogen and oxygen atoms in total. The summed E-state index contributed by atoms with van der Waals surface area (Å²) in [5.41, 5.74) is 1.91. The molecule has 0 spiro atoms. The fourth-order valence-corrected chi connectivity index (χ4v) is 5.11. The Labute approximate surface area is 203 Å². The molecule has 1 saturated heterocycles. The molecule has 2 aromatic rings. The molecule has 1 aliphatic heterocycles. The monoisotopic (exact) mass is 471 g/mol. The molecule has 3 N–H and O–H groups in total. The number of benzene rings is 1. The zero-order valence-electron chi connectivity index (χ0n) is 20.0. The van der Waals surface area contributed by atoms with Gasteiger partial charge >= 0.3 is 0 Å². The van der Waals surface area contributed by atoms with Gasteiger partial charge in [-0.05, 0) is 75.7 Å². The summed E-state index contributed by atoms with van der Waals surface area (Å²) in [4.78, 5) is 16.6. The van der Waals surface area contributed by atoms with Crippen LogP contribution in [0.2, 0.25) is 5.02 Å². The minimum absolute atomic E-state index is 0.524. The average molecular weight is 472 g/mol. The second-order valence-electron chi connectivity index (χ2n) is 9.49. The van der Waals surface area contributed by atoms with E-state index in [1.165, 1.54) is 57.9 Å². The van der Waals surface area contributed by atoms with Gasteiger partial charge in [0.05, 0.1) is 0 Å². The highest BCUT2D eigenvalue weighted by molar-refractivity contribution is 6.31. The van der Waals surface area contributed by atoms with Crippen molar-refractivity contribution in [1.82, 2.24) is 19.9 Å². The first kappa shape index (κ1) is 24.0. The number of rotatable bonds is 10. The van der Waals surface area contributed by atoms with Crippen LogP contribution in [-0.2, 0) is 0 Å². The molecule has 180 valence electrons. The number of hydrogen-bond donors (Lipinski definition) is 3. The Balaban J connectivity index is 1.47. The highest BCUT2D eigenvalue weighted by atomic mass is 35.5. The van der Waals surface area contributed by atoms with Crippen LogP contribution in [0.3, 0.4) is 0 Å².